The highest BCUT2D eigenvalue weighted by Crippen LogP contribution is 2.40. The lowest BCUT2D eigenvalue weighted by Gasteiger charge is -2.04. The molecule has 3 rings (SSSR count). The van der Waals surface area contributed by atoms with E-state index in [9.17, 15) is 14.7 Å². The van der Waals surface area contributed by atoms with Gasteiger partial charge >= 0.3 is 5.97 Å². The molecule has 0 amide bonds. The van der Waals surface area contributed by atoms with Crippen LogP contribution in [0.5, 0.6) is 0 Å². The lowest BCUT2D eigenvalue weighted by Crippen LogP contribution is -1.99. The third-order valence-electron chi connectivity index (χ3n) is 3.21. The highest BCUT2D eigenvalue weighted by atomic mass is 35.5. The predicted molar refractivity (Wildman–Crippen MR) is 84.6 cm³/mol. The number of aromatic carboxylic acids is 1. The fourth-order valence-corrected chi connectivity index (χ4v) is 3.64. The minimum Gasteiger partial charge on any atom is -0.478 e. The molecule has 5 heteroatoms. The molecule has 2 aromatic carbocycles. The largest absolute Gasteiger partial charge is 0.478 e. The average Bonchev–Trinajstić information content (AvgIpc) is 2.84. The number of carbonyl (C=O) groups is 2. The molecule has 0 aliphatic heterocycles. The van der Waals surface area contributed by atoms with Gasteiger partial charge in [-0.1, -0.05) is 29.8 Å². The van der Waals surface area contributed by atoms with E-state index in [-0.39, 0.29) is 5.56 Å². The van der Waals surface area contributed by atoms with E-state index in [4.69, 9.17) is 11.6 Å². The molecule has 0 aliphatic rings. The van der Waals surface area contributed by atoms with Gasteiger partial charge in [0.15, 0.2) is 6.29 Å². The summed E-state index contributed by atoms with van der Waals surface area (Å²) in [7, 11) is 0. The van der Waals surface area contributed by atoms with Gasteiger partial charge in [0.25, 0.3) is 0 Å². The first-order valence-corrected chi connectivity index (χ1v) is 7.31. The van der Waals surface area contributed by atoms with Gasteiger partial charge < -0.3 is 5.11 Å². The van der Waals surface area contributed by atoms with E-state index in [2.05, 4.69) is 0 Å². The summed E-state index contributed by atoms with van der Waals surface area (Å²) in [6.07, 6.45) is 0.753. The Bertz CT molecular complexity index is 867. The maximum Gasteiger partial charge on any atom is 0.336 e. The van der Waals surface area contributed by atoms with Crippen LogP contribution in [0.15, 0.2) is 42.5 Å². The third-order valence-corrected chi connectivity index (χ3v) is 4.66. The van der Waals surface area contributed by atoms with Gasteiger partial charge in [-0.05, 0) is 24.3 Å². The summed E-state index contributed by atoms with van der Waals surface area (Å²) in [5.41, 5.74) is 1.20. The van der Waals surface area contributed by atoms with Crippen molar-refractivity contribution < 1.29 is 14.7 Å². The van der Waals surface area contributed by atoms with Crippen LogP contribution in [0.3, 0.4) is 0 Å². The molecule has 0 unspecified atom stereocenters. The molecule has 0 spiro atoms. The summed E-state index contributed by atoms with van der Waals surface area (Å²) < 4.78 is 0.900. The fourth-order valence-electron chi connectivity index (χ4n) is 2.27. The second kappa shape index (κ2) is 5.31. The Kier molecular flexibility index (Phi) is 3.49. The van der Waals surface area contributed by atoms with E-state index >= 15 is 0 Å². The fraction of sp³-hybridized carbons (Fsp3) is 0. The van der Waals surface area contributed by atoms with Crippen molar-refractivity contribution in [3.63, 3.8) is 0 Å². The Labute approximate surface area is 129 Å². The van der Waals surface area contributed by atoms with Crippen molar-refractivity contribution in [3.05, 3.63) is 58.6 Å². The van der Waals surface area contributed by atoms with Crippen molar-refractivity contribution in [2.75, 3.05) is 0 Å². The van der Waals surface area contributed by atoms with Crippen LogP contribution in [-0.4, -0.2) is 17.4 Å². The summed E-state index contributed by atoms with van der Waals surface area (Å²) in [5.74, 6) is -1.02. The Morgan fingerprint density at radius 2 is 1.95 bits per heavy atom. The van der Waals surface area contributed by atoms with Crippen molar-refractivity contribution in [3.8, 4) is 10.4 Å². The van der Waals surface area contributed by atoms with Crippen molar-refractivity contribution in [1.82, 2.24) is 0 Å². The molecule has 3 aromatic rings. The lowest BCUT2D eigenvalue weighted by molar-refractivity contribution is 0.0697. The summed E-state index contributed by atoms with van der Waals surface area (Å²) in [4.78, 5) is 23.5. The molecule has 0 radical (unpaired) electrons. The van der Waals surface area contributed by atoms with Crippen LogP contribution in [0.2, 0.25) is 5.02 Å². The van der Waals surface area contributed by atoms with Crippen molar-refractivity contribution in [2.45, 2.75) is 0 Å². The number of hydrogen-bond donors (Lipinski definition) is 1. The molecule has 0 saturated heterocycles. The Balaban J connectivity index is 2.36. The Hall–Kier alpha value is -2.17. The molecule has 0 aliphatic carbocycles. The number of carboxylic acid groups (broad SMARTS) is 1. The summed E-state index contributed by atoms with van der Waals surface area (Å²) >= 11 is 7.37. The number of halogens is 1. The zero-order valence-electron chi connectivity index (χ0n) is 10.7. The van der Waals surface area contributed by atoms with Gasteiger partial charge in [0.1, 0.15) is 0 Å². The number of hydrogen-bond acceptors (Lipinski definition) is 3. The summed E-state index contributed by atoms with van der Waals surface area (Å²) in [5, 5.41) is 10.6. The lowest BCUT2D eigenvalue weighted by atomic mass is 10.0. The van der Waals surface area contributed by atoms with Crippen LogP contribution in [0.25, 0.3) is 20.5 Å². The first-order valence-electron chi connectivity index (χ1n) is 6.11. The van der Waals surface area contributed by atoms with Crippen molar-refractivity contribution in [2.24, 2.45) is 0 Å². The van der Waals surface area contributed by atoms with Gasteiger partial charge in [-0.25, -0.2) is 4.79 Å². The second-order valence-electron chi connectivity index (χ2n) is 4.45. The number of carboxylic acids is 1. The molecular weight excluding hydrogens is 308 g/mol. The number of rotatable bonds is 3. The van der Waals surface area contributed by atoms with Gasteiger partial charge in [0, 0.05) is 31.1 Å². The molecule has 1 aromatic heterocycles. The first-order chi connectivity index (χ1) is 10.1. The standard InChI is InChI=1S/C16H9ClO3S/c17-9-5-6-14-12(7-9)13(8-18)15(21-14)10-3-1-2-4-11(10)16(19)20/h1-8H,(H,19,20). The molecule has 1 heterocycles. The van der Waals surface area contributed by atoms with Crippen LogP contribution >= 0.6 is 22.9 Å². The van der Waals surface area contributed by atoms with Gasteiger partial charge in [0.2, 0.25) is 0 Å². The number of thiophene rings is 1. The molecule has 0 saturated carbocycles. The summed E-state index contributed by atoms with van der Waals surface area (Å²) in [6.45, 7) is 0. The second-order valence-corrected chi connectivity index (χ2v) is 5.94. The van der Waals surface area contributed by atoms with Crippen LogP contribution in [0, 0.1) is 0 Å². The first kappa shape index (κ1) is 13.8. The van der Waals surface area contributed by atoms with Gasteiger partial charge in [-0.2, -0.15) is 0 Å². The molecule has 0 fully saturated rings. The smallest absolute Gasteiger partial charge is 0.336 e. The van der Waals surface area contributed by atoms with E-state index in [0.29, 0.717) is 21.0 Å². The molecule has 0 bridgehead atoms. The molecule has 21 heavy (non-hydrogen) atoms. The number of carbonyl (C=O) groups excluding carboxylic acids is 1. The van der Waals surface area contributed by atoms with E-state index in [1.54, 1.807) is 30.3 Å². The van der Waals surface area contributed by atoms with Crippen LogP contribution < -0.4 is 0 Å². The Morgan fingerprint density at radius 1 is 1.19 bits per heavy atom. The summed E-state index contributed by atoms with van der Waals surface area (Å²) in [6, 6.07) is 12.0. The van der Waals surface area contributed by atoms with E-state index in [0.717, 1.165) is 16.4 Å². The van der Waals surface area contributed by atoms with Crippen LogP contribution in [-0.2, 0) is 0 Å². The highest BCUT2D eigenvalue weighted by molar-refractivity contribution is 7.22. The van der Waals surface area contributed by atoms with E-state index in [1.807, 2.05) is 6.07 Å². The van der Waals surface area contributed by atoms with Gasteiger partial charge in [0.05, 0.1) is 5.56 Å². The minimum atomic E-state index is -1.02. The number of aldehydes is 1. The van der Waals surface area contributed by atoms with Crippen LogP contribution in [0.4, 0.5) is 0 Å². The molecule has 3 nitrogen and oxygen atoms in total. The predicted octanol–water partition coefficient (Wildman–Crippen LogP) is 4.73. The van der Waals surface area contributed by atoms with Crippen LogP contribution in [0.1, 0.15) is 20.7 Å². The maximum absolute atomic E-state index is 11.5. The normalized spacial score (nSPS) is 10.7. The van der Waals surface area contributed by atoms with Gasteiger partial charge in [-0.3, -0.25) is 4.79 Å². The minimum absolute atomic E-state index is 0.179. The maximum atomic E-state index is 11.5. The SMILES string of the molecule is O=Cc1c(-c2ccccc2C(=O)O)sc2ccc(Cl)cc12. The van der Waals surface area contributed by atoms with Gasteiger partial charge in [-0.15, -0.1) is 11.3 Å². The zero-order valence-corrected chi connectivity index (χ0v) is 12.2. The van der Waals surface area contributed by atoms with E-state index in [1.165, 1.54) is 17.4 Å². The molecule has 104 valence electrons. The average molecular weight is 317 g/mol. The van der Waals surface area contributed by atoms with E-state index < -0.39 is 5.97 Å². The number of benzene rings is 2. The highest BCUT2D eigenvalue weighted by Gasteiger charge is 2.18. The van der Waals surface area contributed by atoms with Crippen molar-refractivity contribution >= 4 is 45.3 Å². The number of fused-ring (bicyclic) bond motifs is 1. The topological polar surface area (TPSA) is 54.4 Å². The molecule has 1 N–H and O–H groups in total. The molecular formula is C16H9ClO3S. The quantitative estimate of drug-likeness (QED) is 0.710. The van der Waals surface area contributed by atoms with Crippen molar-refractivity contribution in [1.29, 1.82) is 0 Å². The zero-order chi connectivity index (χ0) is 15.0. The monoisotopic (exact) mass is 316 g/mol. The third kappa shape index (κ3) is 2.33. The molecule has 0 atom stereocenters. The Morgan fingerprint density at radius 3 is 2.67 bits per heavy atom.